The first-order valence-corrected chi connectivity index (χ1v) is 5.91. The lowest BCUT2D eigenvalue weighted by Crippen LogP contribution is -2.19. The number of hydrogen-bond acceptors (Lipinski definition) is 4. The normalized spacial score (nSPS) is 16.7. The zero-order valence-corrected chi connectivity index (χ0v) is 9.76. The number of aromatic nitrogens is 1. The average Bonchev–Trinajstić information content (AvgIpc) is 2.81. The SMILES string of the molecule is O=C(O)C1(c2coc(CCc3ccco3)n2)CC1. The summed E-state index contributed by atoms with van der Waals surface area (Å²) < 4.78 is 10.5. The van der Waals surface area contributed by atoms with Crippen molar-refractivity contribution in [1.29, 1.82) is 0 Å². The molecule has 3 rings (SSSR count). The summed E-state index contributed by atoms with van der Waals surface area (Å²) in [5, 5.41) is 9.15. The van der Waals surface area contributed by atoms with Crippen molar-refractivity contribution < 1.29 is 18.7 Å². The molecule has 18 heavy (non-hydrogen) atoms. The van der Waals surface area contributed by atoms with Gasteiger partial charge in [0.1, 0.15) is 17.4 Å². The van der Waals surface area contributed by atoms with E-state index in [0.717, 1.165) is 5.76 Å². The van der Waals surface area contributed by atoms with Crippen molar-refractivity contribution >= 4 is 5.97 Å². The third-order valence-corrected chi connectivity index (χ3v) is 3.37. The highest BCUT2D eigenvalue weighted by molar-refractivity contribution is 5.84. The average molecular weight is 247 g/mol. The van der Waals surface area contributed by atoms with Gasteiger partial charge in [-0.3, -0.25) is 4.79 Å². The first-order valence-electron chi connectivity index (χ1n) is 5.91. The molecule has 0 amide bonds. The van der Waals surface area contributed by atoms with Crippen LogP contribution in [0.1, 0.15) is 30.2 Å². The van der Waals surface area contributed by atoms with Crippen LogP contribution in [0.15, 0.2) is 33.5 Å². The summed E-state index contributed by atoms with van der Waals surface area (Å²) in [5.74, 6) is 0.622. The third kappa shape index (κ3) is 1.81. The summed E-state index contributed by atoms with van der Waals surface area (Å²) in [7, 11) is 0. The van der Waals surface area contributed by atoms with E-state index in [0.29, 0.717) is 37.3 Å². The van der Waals surface area contributed by atoms with E-state index in [1.807, 2.05) is 12.1 Å². The number of carbonyl (C=O) groups is 1. The molecule has 5 nitrogen and oxygen atoms in total. The van der Waals surface area contributed by atoms with Crippen LogP contribution in [0, 0.1) is 0 Å². The predicted molar refractivity (Wildman–Crippen MR) is 61.2 cm³/mol. The zero-order chi connectivity index (χ0) is 12.6. The quantitative estimate of drug-likeness (QED) is 0.876. The van der Waals surface area contributed by atoms with E-state index in [2.05, 4.69) is 4.98 Å². The molecule has 0 saturated heterocycles. The van der Waals surface area contributed by atoms with Crippen molar-refractivity contribution in [3.63, 3.8) is 0 Å². The van der Waals surface area contributed by atoms with E-state index in [9.17, 15) is 4.79 Å². The topological polar surface area (TPSA) is 76.5 Å². The van der Waals surface area contributed by atoms with Gasteiger partial charge < -0.3 is 13.9 Å². The Labute approximate surface area is 103 Å². The molecule has 1 N–H and O–H groups in total. The highest BCUT2D eigenvalue weighted by Crippen LogP contribution is 2.47. The summed E-state index contributed by atoms with van der Waals surface area (Å²) >= 11 is 0. The first kappa shape index (κ1) is 11.1. The van der Waals surface area contributed by atoms with Crippen molar-refractivity contribution in [2.24, 2.45) is 0 Å². The summed E-state index contributed by atoms with van der Waals surface area (Å²) in [4.78, 5) is 15.4. The van der Waals surface area contributed by atoms with Gasteiger partial charge in [-0.25, -0.2) is 4.98 Å². The molecular formula is C13H13NO4. The lowest BCUT2D eigenvalue weighted by molar-refractivity contribution is -0.140. The van der Waals surface area contributed by atoms with Crippen molar-refractivity contribution in [2.75, 3.05) is 0 Å². The van der Waals surface area contributed by atoms with Gasteiger partial charge in [0.25, 0.3) is 0 Å². The number of rotatable bonds is 5. The van der Waals surface area contributed by atoms with Crippen LogP contribution in [0.2, 0.25) is 0 Å². The Bertz CT molecular complexity index is 551. The Kier molecular flexibility index (Phi) is 2.47. The molecule has 0 spiro atoms. The van der Waals surface area contributed by atoms with Gasteiger partial charge in [0.05, 0.1) is 12.0 Å². The van der Waals surface area contributed by atoms with Gasteiger partial charge in [0, 0.05) is 12.8 Å². The molecule has 2 heterocycles. The zero-order valence-electron chi connectivity index (χ0n) is 9.76. The summed E-state index contributed by atoms with van der Waals surface area (Å²) in [6, 6.07) is 3.73. The van der Waals surface area contributed by atoms with Crippen molar-refractivity contribution in [3.05, 3.63) is 42.0 Å². The molecule has 0 bridgehead atoms. The van der Waals surface area contributed by atoms with Crippen LogP contribution in [-0.2, 0) is 23.1 Å². The first-order chi connectivity index (χ1) is 8.71. The minimum absolute atomic E-state index is 0.546. The molecule has 0 unspecified atom stereocenters. The Hall–Kier alpha value is -2.04. The lowest BCUT2D eigenvalue weighted by atomic mass is 10.0. The standard InChI is InChI=1S/C13H13NO4/c15-12(16)13(5-6-13)10-8-18-11(14-10)4-3-9-2-1-7-17-9/h1-2,7-8H,3-6H2,(H,15,16). The van der Waals surface area contributed by atoms with Crippen LogP contribution < -0.4 is 0 Å². The van der Waals surface area contributed by atoms with E-state index < -0.39 is 11.4 Å². The predicted octanol–water partition coefficient (Wildman–Crippen LogP) is 2.17. The summed E-state index contributed by atoms with van der Waals surface area (Å²) in [6.45, 7) is 0. The number of carboxylic acids is 1. The smallest absolute Gasteiger partial charge is 0.315 e. The summed E-state index contributed by atoms with van der Waals surface area (Å²) in [5.41, 5.74) is -0.240. The fourth-order valence-electron chi connectivity index (χ4n) is 2.04. The van der Waals surface area contributed by atoms with Crippen LogP contribution >= 0.6 is 0 Å². The van der Waals surface area contributed by atoms with E-state index in [1.54, 1.807) is 6.26 Å². The number of carboxylic acid groups (broad SMARTS) is 1. The third-order valence-electron chi connectivity index (χ3n) is 3.37. The fourth-order valence-corrected chi connectivity index (χ4v) is 2.04. The number of aryl methyl sites for hydroxylation is 2. The van der Waals surface area contributed by atoms with Crippen LogP contribution in [0.25, 0.3) is 0 Å². The van der Waals surface area contributed by atoms with Crippen molar-refractivity contribution in [1.82, 2.24) is 4.98 Å². The van der Waals surface area contributed by atoms with Gasteiger partial charge in [0.2, 0.25) is 0 Å². The van der Waals surface area contributed by atoms with E-state index in [1.165, 1.54) is 6.26 Å². The second kappa shape index (κ2) is 4.01. The molecule has 94 valence electrons. The molecule has 1 aliphatic carbocycles. The fraction of sp³-hybridized carbons (Fsp3) is 0.385. The molecule has 0 atom stereocenters. The molecule has 2 aromatic heterocycles. The van der Waals surface area contributed by atoms with Crippen molar-refractivity contribution in [2.45, 2.75) is 31.1 Å². The maximum atomic E-state index is 11.1. The van der Waals surface area contributed by atoms with Crippen LogP contribution in [0.5, 0.6) is 0 Å². The van der Waals surface area contributed by atoms with Crippen LogP contribution in [0.4, 0.5) is 0 Å². The van der Waals surface area contributed by atoms with Crippen LogP contribution in [0.3, 0.4) is 0 Å². The molecule has 1 fully saturated rings. The Balaban J connectivity index is 1.69. The highest BCUT2D eigenvalue weighted by Gasteiger charge is 2.54. The van der Waals surface area contributed by atoms with Gasteiger partial charge in [0.15, 0.2) is 5.89 Å². The molecule has 1 saturated carbocycles. The number of nitrogens with zero attached hydrogens (tertiary/aromatic N) is 1. The highest BCUT2D eigenvalue weighted by atomic mass is 16.4. The van der Waals surface area contributed by atoms with Gasteiger partial charge in [-0.05, 0) is 25.0 Å². The Morgan fingerprint density at radius 3 is 2.83 bits per heavy atom. The maximum Gasteiger partial charge on any atom is 0.315 e. The molecule has 0 aromatic carbocycles. The van der Waals surface area contributed by atoms with Crippen molar-refractivity contribution in [3.8, 4) is 0 Å². The second-order valence-corrected chi connectivity index (χ2v) is 4.59. The van der Waals surface area contributed by atoms with E-state index in [-0.39, 0.29) is 0 Å². The molecular weight excluding hydrogens is 234 g/mol. The Morgan fingerprint density at radius 1 is 1.39 bits per heavy atom. The minimum Gasteiger partial charge on any atom is -0.481 e. The number of aliphatic carboxylic acids is 1. The number of furan rings is 1. The van der Waals surface area contributed by atoms with E-state index >= 15 is 0 Å². The second-order valence-electron chi connectivity index (χ2n) is 4.59. The van der Waals surface area contributed by atoms with Gasteiger partial charge >= 0.3 is 5.97 Å². The van der Waals surface area contributed by atoms with Gasteiger partial charge in [-0.15, -0.1) is 0 Å². The largest absolute Gasteiger partial charge is 0.481 e. The molecule has 1 aliphatic rings. The van der Waals surface area contributed by atoms with Gasteiger partial charge in [-0.2, -0.15) is 0 Å². The van der Waals surface area contributed by atoms with Gasteiger partial charge in [-0.1, -0.05) is 0 Å². The molecule has 0 aliphatic heterocycles. The van der Waals surface area contributed by atoms with E-state index in [4.69, 9.17) is 13.9 Å². The number of hydrogen-bond donors (Lipinski definition) is 1. The number of oxazole rings is 1. The lowest BCUT2D eigenvalue weighted by Gasteiger charge is -2.02. The maximum absolute atomic E-state index is 11.1. The summed E-state index contributed by atoms with van der Waals surface area (Å²) in [6.07, 6.45) is 5.70. The Morgan fingerprint density at radius 2 is 2.22 bits per heavy atom. The molecule has 2 aromatic rings. The molecule has 0 radical (unpaired) electrons. The monoisotopic (exact) mass is 247 g/mol. The van der Waals surface area contributed by atoms with Crippen LogP contribution in [-0.4, -0.2) is 16.1 Å². The molecule has 5 heteroatoms. The minimum atomic E-state index is -0.812.